The number of aryl methyl sites for hydroxylation is 1. The van der Waals surface area contributed by atoms with E-state index in [0.29, 0.717) is 10.6 Å². The predicted octanol–water partition coefficient (Wildman–Crippen LogP) is 3.39. The number of anilines is 1. The molecule has 1 unspecified atom stereocenters. The number of primary sulfonamides is 1. The van der Waals surface area contributed by atoms with Gasteiger partial charge in [-0.25, -0.2) is 13.6 Å². The third-order valence-electron chi connectivity index (χ3n) is 5.88. The molecule has 1 fully saturated rings. The van der Waals surface area contributed by atoms with Gasteiger partial charge in [0, 0.05) is 31.9 Å². The zero-order chi connectivity index (χ0) is 23.0. The molecule has 1 saturated heterocycles. The second kappa shape index (κ2) is 12.0. The van der Waals surface area contributed by atoms with Crippen LogP contribution in [0.15, 0.2) is 58.3 Å². The van der Waals surface area contributed by atoms with Crippen molar-refractivity contribution in [1.82, 2.24) is 4.90 Å². The molecule has 0 amide bonds. The van der Waals surface area contributed by atoms with Crippen LogP contribution in [0.2, 0.25) is 0 Å². The Morgan fingerprint density at radius 2 is 1.72 bits per heavy atom. The molecule has 8 heteroatoms. The highest BCUT2D eigenvalue weighted by molar-refractivity contribution is 7.93. The summed E-state index contributed by atoms with van der Waals surface area (Å²) in [5, 5.41) is 5.40. The topological polar surface area (TPSA) is 89.7 Å². The molecule has 0 spiro atoms. The number of nitrogens with two attached hydrogens (primary N) is 1. The summed E-state index contributed by atoms with van der Waals surface area (Å²) in [6, 6.07) is 15.7. The molecule has 3 rings (SSSR count). The Labute approximate surface area is 196 Å². The summed E-state index contributed by atoms with van der Waals surface area (Å²) in [5.74, 6) is 0.432. The average molecular weight is 478 g/mol. The van der Waals surface area contributed by atoms with Crippen LogP contribution in [0.25, 0.3) is 0 Å². The van der Waals surface area contributed by atoms with Gasteiger partial charge in [0.1, 0.15) is 10.6 Å². The van der Waals surface area contributed by atoms with Crippen molar-refractivity contribution in [2.75, 3.05) is 43.4 Å². The van der Waals surface area contributed by atoms with Gasteiger partial charge >= 0.3 is 0 Å². The van der Waals surface area contributed by atoms with Crippen LogP contribution in [0.3, 0.4) is 0 Å². The Morgan fingerprint density at radius 1 is 1.00 bits per heavy atom. The Kier molecular flexibility index (Phi) is 9.43. The van der Waals surface area contributed by atoms with Gasteiger partial charge in [0.25, 0.3) is 0 Å². The number of unbranched alkanes of at least 4 members (excludes halogenated alkanes) is 2. The summed E-state index contributed by atoms with van der Waals surface area (Å²) in [5.41, 5.74) is 2.23. The minimum atomic E-state index is -3.90. The Balaban J connectivity index is 1.42. The van der Waals surface area contributed by atoms with Gasteiger partial charge in [0.05, 0.1) is 0 Å². The summed E-state index contributed by atoms with van der Waals surface area (Å²) in [7, 11) is -3.90. The fraction of sp³-hybridized carbons (Fsp3) is 0.500. The number of sulfonamides is 1. The molecule has 0 aliphatic carbocycles. The van der Waals surface area contributed by atoms with E-state index in [1.807, 2.05) is 13.0 Å². The lowest BCUT2D eigenvalue weighted by atomic mass is 10.1. The van der Waals surface area contributed by atoms with Gasteiger partial charge in [-0.1, -0.05) is 37.6 Å². The van der Waals surface area contributed by atoms with Crippen LogP contribution < -0.4 is 10.0 Å². The molecule has 0 aromatic heterocycles. The molecule has 32 heavy (non-hydrogen) atoms. The number of benzene rings is 2. The van der Waals surface area contributed by atoms with Gasteiger partial charge in [0.2, 0.25) is 10.0 Å². The quantitative estimate of drug-likeness (QED) is 0.396. The van der Waals surface area contributed by atoms with Crippen LogP contribution in [0.4, 0.5) is 5.69 Å². The number of para-hydroxylation sites is 1. The van der Waals surface area contributed by atoms with Crippen molar-refractivity contribution in [3.8, 4) is 0 Å². The van der Waals surface area contributed by atoms with Crippen LogP contribution in [-0.4, -0.2) is 56.3 Å². The molecular weight excluding hydrogens is 442 g/mol. The van der Waals surface area contributed by atoms with Crippen molar-refractivity contribution in [2.45, 2.75) is 48.8 Å². The fourth-order valence-corrected chi connectivity index (χ4v) is 6.51. The number of nitrogens with zero attached hydrogens (tertiary/aromatic N) is 2. The lowest BCUT2D eigenvalue weighted by Crippen LogP contribution is -2.46. The van der Waals surface area contributed by atoms with E-state index in [9.17, 15) is 13.0 Å². The highest BCUT2D eigenvalue weighted by atomic mass is 32.2. The second-order valence-electron chi connectivity index (χ2n) is 8.35. The number of piperazine rings is 1. The highest BCUT2D eigenvalue weighted by Gasteiger charge is 2.23. The first kappa shape index (κ1) is 25.1. The molecule has 0 bridgehead atoms. The van der Waals surface area contributed by atoms with Crippen LogP contribution >= 0.6 is 0 Å². The normalized spacial score (nSPS) is 16.3. The van der Waals surface area contributed by atoms with Crippen LogP contribution in [0, 0.1) is 0 Å². The van der Waals surface area contributed by atoms with Crippen molar-refractivity contribution in [1.29, 1.82) is 0 Å². The van der Waals surface area contributed by atoms with E-state index >= 15 is 0 Å². The van der Waals surface area contributed by atoms with E-state index in [4.69, 9.17) is 5.14 Å². The lowest BCUT2D eigenvalue weighted by Gasteiger charge is -2.36. The lowest BCUT2D eigenvalue weighted by molar-refractivity contribution is 0.252. The number of hydrogen-bond donors (Lipinski definition) is 1. The van der Waals surface area contributed by atoms with Crippen molar-refractivity contribution in [2.24, 2.45) is 5.14 Å². The molecule has 2 N–H and O–H groups in total. The number of hydrogen-bond acceptors (Lipinski definition) is 5. The van der Waals surface area contributed by atoms with Gasteiger partial charge in [-0.2, -0.15) is 0 Å². The van der Waals surface area contributed by atoms with E-state index < -0.39 is 21.2 Å². The van der Waals surface area contributed by atoms with Crippen LogP contribution in [0.1, 0.15) is 38.2 Å². The Morgan fingerprint density at radius 3 is 2.38 bits per heavy atom. The molecule has 2 aromatic rings. The minimum Gasteiger partial charge on any atom is -0.611 e. The van der Waals surface area contributed by atoms with Crippen molar-refractivity contribution >= 4 is 26.9 Å². The third-order valence-corrected chi connectivity index (χ3v) is 8.59. The van der Waals surface area contributed by atoms with Gasteiger partial charge in [-0.05, 0) is 73.2 Å². The first-order valence-electron chi connectivity index (χ1n) is 11.4. The maximum atomic E-state index is 12.4. The van der Waals surface area contributed by atoms with Gasteiger partial charge in [0.15, 0.2) is 4.90 Å². The minimum absolute atomic E-state index is 0.0121. The molecule has 1 heterocycles. The first-order valence-corrected chi connectivity index (χ1v) is 14.3. The van der Waals surface area contributed by atoms with Crippen molar-refractivity contribution < 1.29 is 13.0 Å². The van der Waals surface area contributed by atoms with E-state index in [0.717, 1.165) is 70.4 Å². The predicted molar refractivity (Wildman–Crippen MR) is 132 cm³/mol. The first-order chi connectivity index (χ1) is 15.4. The third kappa shape index (κ3) is 7.22. The van der Waals surface area contributed by atoms with Gasteiger partial charge in [-0.3, -0.25) is 4.90 Å². The molecule has 1 atom stereocenters. The standard InChI is InChI=1S/C24H35N3O3S2/c1-2-19-31(28)23-13-12-21(20-24(23)32(25,29)30)9-5-4-8-14-26-15-17-27(18-16-26)22-10-6-3-7-11-22/h3,6-7,10-13,20H,2,4-5,8-9,14-19H2,1H3,(H2,25,29,30). The Bertz CT molecular complexity index is 946. The van der Waals surface area contributed by atoms with Crippen LogP contribution in [0.5, 0.6) is 0 Å². The molecule has 1 aliphatic heterocycles. The van der Waals surface area contributed by atoms with Crippen LogP contribution in [-0.2, 0) is 27.6 Å². The average Bonchev–Trinajstić information content (AvgIpc) is 2.79. The van der Waals surface area contributed by atoms with Crippen molar-refractivity contribution in [3.63, 3.8) is 0 Å². The van der Waals surface area contributed by atoms with E-state index in [2.05, 4.69) is 40.1 Å². The zero-order valence-corrected chi connectivity index (χ0v) is 20.5. The summed E-state index contributed by atoms with van der Waals surface area (Å²) in [6.07, 6.45) is 4.73. The van der Waals surface area contributed by atoms with Crippen molar-refractivity contribution in [3.05, 3.63) is 54.1 Å². The SMILES string of the molecule is CCC[S+]([O-])c1ccc(CCCCCN2CCN(c3ccccc3)CC2)cc1S(N)(=O)=O. The maximum Gasteiger partial charge on any atom is 0.243 e. The Hall–Kier alpha value is -1.58. The zero-order valence-electron chi connectivity index (χ0n) is 18.9. The second-order valence-corrected chi connectivity index (χ2v) is 11.4. The summed E-state index contributed by atoms with van der Waals surface area (Å²) < 4.78 is 36.4. The summed E-state index contributed by atoms with van der Waals surface area (Å²) in [6.45, 7) is 7.32. The molecule has 0 saturated carbocycles. The highest BCUT2D eigenvalue weighted by Crippen LogP contribution is 2.24. The summed E-state index contributed by atoms with van der Waals surface area (Å²) >= 11 is -1.34. The maximum absolute atomic E-state index is 12.4. The molecule has 0 radical (unpaired) electrons. The molecule has 2 aromatic carbocycles. The molecule has 6 nitrogen and oxygen atoms in total. The monoisotopic (exact) mass is 477 g/mol. The van der Waals surface area contributed by atoms with E-state index in [1.165, 1.54) is 5.69 Å². The number of rotatable bonds is 11. The molecule has 1 aliphatic rings. The largest absolute Gasteiger partial charge is 0.611 e. The molecule has 176 valence electrons. The summed E-state index contributed by atoms with van der Waals surface area (Å²) in [4.78, 5) is 5.30. The smallest absolute Gasteiger partial charge is 0.243 e. The van der Waals surface area contributed by atoms with E-state index in [1.54, 1.807) is 12.1 Å². The van der Waals surface area contributed by atoms with E-state index in [-0.39, 0.29) is 4.90 Å². The fourth-order valence-electron chi connectivity index (χ4n) is 4.12. The van der Waals surface area contributed by atoms with Gasteiger partial charge < -0.3 is 9.45 Å². The van der Waals surface area contributed by atoms with Gasteiger partial charge in [-0.15, -0.1) is 0 Å². The molecular formula is C24H35N3O3S2.